The van der Waals surface area contributed by atoms with E-state index < -0.39 is 0 Å². The lowest BCUT2D eigenvalue weighted by molar-refractivity contribution is -0.144. The fraction of sp³-hybridized carbons (Fsp3) is 0.294. The van der Waals surface area contributed by atoms with Crippen molar-refractivity contribution < 1.29 is 9.53 Å². The number of nitrogens with zero attached hydrogens (tertiary/aromatic N) is 5. The molecule has 0 amide bonds. The molecule has 1 aromatic carbocycles. The molecule has 0 bridgehead atoms. The van der Waals surface area contributed by atoms with Gasteiger partial charge in [0.05, 0.1) is 18.7 Å². The molecule has 124 valence electrons. The third-order valence-corrected chi connectivity index (χ3v) is 3.84. The highest BCUT2D eigenvalue weighted by Crippen LogP contribution is 2.23. The van der Waals surface area contributed by atoms with Crippen molar-refractivity contribution in [2.75, 3.05) is 25.6 Å². The van der Waals surface area contributed by atoms with Gasteiger partial charge >= 0.3 is 5.97 Å². The van der Waals surface area contributed by atoms with Crippen molar-refractivity contribution >= 4 is 17.6 Å². The Hall–Kier alpha value is -2.96. The maximum absolute atomic E-state index is 11.7. The first-order chi connectivity index (χ1) is 11.6. The maximum Gasteiger partial charge on any atom is 0.310 e. The van der Waals surface area contributed by atoms with Crippen molar-refractivity contribution in [2.24, 2.45) is 5.92 Å². The number of esters is 1. The molecule has 7 nitrogen and oxygen atoms in total. The third-order valence-electron chi connectivity index (χ3n) is 3.84. The topological polar surface area (TPSA) is 72.6 Å². The van der Waals surface area contributed by atoms with Crippen LogP contribution in [0.3, 0.4) is 0 Å². The van der Waals surface area contributed by atoms with Crippen LogP contribution in [0.5, 0.6) is 0 Å². The number of aromatic nitrogens is 4. The molecular weight excluding hydrogens is 306 g/mol. The Bertz CT molecular complexity index is 847. The van der Waals surface area contributed by atoms with E-state index in [-0.39, 0.29) is 11.9 Å². The highest BCUT2D eigenvalue weighted by Gasteiger charge is 2.19. The first kappa shape index (κ1) is 15.9. The van der Waals surface area contributed by atoms with Gasteiger partial charge in [-0.1, -0.05) is 37.3 Å². The van der Waals surface area contributed by atoms with Gasteiger partial charge in [-0.25, -0.2) is 4.98 Å². The van der Waals surface area contributed by atoms with Gasteiger partial charge in [0.1, 0.15) is 12.1 Å². The second-order valence-corrected chi connectivity index (χ2v) is 5.64. The van der Waals surface area contributed by atoms with E-state index in [1.54, 1.807) is 4.52 Å². The average Bonchev–Trinajstić information content (AvgIpc) is 3.09. The molecule has 24 heavy (non-hydrogen) atoms. The fourth-order valence-corrected chi connectivity index (χ4v) is 2.61. The molecule has 0 aliphatic heterocycles. The molecule has 0 radical (unpaired) electrons. The number of benzene rings is 1. The molecule has 7 heteroatoms. The second-order valence-electron chi connectivity index (χ2n) is 5.64. The van der Waals surface area contributed by atoms with E-state index in [2.05, 4.69) is 15.1 Å². The summed E-state index contributed by atoms with van der Waals surface area (Å²) in [6.07, 6.45) is 1.47. The Balaban J connectivity index is 2.00. The van der Waals surface area contributed by atoms with Crippen LogP contribution in [-0.4, -0.2) is 46.3 Å². The van der Waals surface area contributed by atoms with Crippen LogP contribution in [0.2, 0.25) is 0 Å². The standard InChI is InChI=1S/C17H19N5O2/c1-12(16(23)24-3)10-21(2)15-9-14(13-7-5-4-6-8-13)20-17-18-11-19-22(15)17/h4-9,11-12H,10H2,1-3H3. The molecule has 0 N–H and O–H groups in total. The monoisotopic (exact) mass is 325 g/mol. The summed E-state index contributed by atoms with van der Waals surface area (Å²) in [4.78, 5) is 22.4. The van der Waals surface area contributed by atoms with E-state index in [1.165, 1.54) is 13.4 Å². The van der Waals surface area contributed by atoms with Gasteiger partial charge in [-0.15, -0.1) is 0 Å². The largest absolute Gasteiger partial charge is 0.469 e. The van der Waals surface area contributed by atoms with E-state index in [4.69, 9.17) is 4.74 Å². The van der Waals surface area contributed by atoms with Crippen LogP contribution in [0.15, 0.2) is 42.7 Å². The number of rotatable bonds is 5. The molecule has 0 spiro atoms. The Labute approximate surface area is 139 Å². The molecule has 0 saturated carbocycles. The molecule has 2 aromatic heterocycles. The van der Waals surface area contributed by atoms with Crippen LogP contribution in [0.1, 0.15) is 6.92 Å². The zero-order valence-electron chi connectivity index (χ0n) is 13.9. The summed E-state index contributed by atoms with van der Waals surface area (Å²) >= 11 is 0. The quantitative estimate of drug-likeness (QED) is 0.668. The Morgan fingerprint density at radius 3 is 2.79 bits per heavy atom. The summed E-state index contributed by atoms with van der Waals surface area (Å²) in [7, 11) is 3.30. The van der Waals surface area contributed by atoms with Gasteiger partial charge in [0.15, 0.2) is 0 Å². The number of fused-ring (bicyclic) bond motifs is 1. The number of anilines is 1. The molecule has 0 aliphatic rings. The van der Waals surface area contributed by atoms with Crippen molar-refractivity contribution in [1.82, 2.24) is 19.6 Å². The predicted octanol–water partition coefficient (Wildman–Crippen LogP) is 2.04. The van der Waals surface area contributed by atoms with Gasteiger partial charge in [-0.2, -0.15) is 14.6 Å². The smallest absolute Gasteiger partial charge is 0.310 e. The van der Waals surface area contributed by atoms with Crippen molar-refractivity contribution in [2.45, 2.75) is 6.92 Å². The Morgan fingerprint density at radius 1 is 1.33 bits per heavy atom. The average molecular weight is 325 g/mol. The van der Waals surface area contributed by atoms with E-state index in [0.717, 1.165) is 17.1 Å². The Kier molecular flexibility index (Phi) is 4.41. The van der Waals surface area contributed by atoms with Crippen molar-refractivity contribution in [3.05, 3.63) is 42.7 Å². The highest BCUT2D eigenvalue weighted by molar-refractivity contribution is 5.73. The minimum atomic E-state index is -0.257. The van der Waals surface area contributed by atoms with Crippen LogP contribution < -0.4 is 4.90 Å². The molecule has 0 aliphatic carbocycles. The molecule has 3 aromatic rings. The van der Waals surface area contributed by atoms with Crippen LogP contribution in [0.25, 0.3) is 17.0 Å². The van der Waals surface area contributed by atoms with Gasteiger partial charge in [-0.3, -0.25) is 4.79 Å². The second kappa shape index (κ2) is 6.66. The van der Waals surface area contributed by atoms with E-state index in [1.807, 2.05) is 55.3 Å². The first-order valence-electron chi connectivity index (χ1n) is 7.65. The number of hydrogen-bond donors (Lipinski definition) is 0. The van der Waals surface area contributed by atoms with E-state index in [9.17, 15) is 4.79 Å². The van der Waals surface area contributed by atoms with Gasteiger partial charge in [-0.05, 0) is 0 Å². The number of carbonyl (C=O) groups excluding carboxylic acids is 1. The van der Waals surface area contributed by atoms with Crippen LogP contribution in [-0.2, 0) is 9.53 Å². The Morgan fingerprint density at radius 2 is 2.08 bits per heavy atom. The number of hydrogen-bond acceptors (Lipinski definition) is 6. The lowest BCUT2D eigenvalue weighted by Crippen LogP contribution is -2.30. The first-order valence-corrected chi connectivity index (χ1v) is 7.65. The summed E-state index contributed by atoms with van der Waals surface area (Å²) in [6.45, 7) is 2.33. The van der Waals surface area contributed by atoms with Gasteiger partial charge < -0.3 is 9.64 Å². The van der Waals surface area contributed by atoms with Crippen LogP contribution in [0.4, 0.5) is 5.82 Å². The summed E-state index contributed by atoms with van der Waals surface area (Å²) in [5.74, 6) is 0.831. The summed E-state index contributed by atoms with van der Waals surface area (Å²) < 4.78 is 6.46. The summed E-state index contributed by atoms with van der Waals surface area (Å²) in [6, 6.07) is 11.8. The van der Waals surface area contributed by atoms with Crippen LogP contribution in [0, 0.1) is 5.92 Å². The summed E-state index contributed by atoms with van der Waals surface area (Å²) in [5.41, 5.74) is 1.81. The van der Waals surface area contributed by atoms with Crippen molar-refractivity contribution in [3.8, 4) is 11.3 Å². The van der Waals surface area contributed by atoms with Crippen molar-refractivity contribution in [3.63, 3.8) is 0 Å². The third kappa shape index (κ3) is 3.05. The van der Waals surface area contributed by atoms with E-state index >= 15 is 0 Å². The molecule has 0 saturated heterocycles. The predicted molar refractivity (Wildman–Crippen MR) is 90.7 cm³/mol. The van der Waals surface area contributed by atoms with Gasteiger partial charge in [0.25, 0.3) is 5.78 Å². The molecule has 1 unspecified atom stereocenters. The minimum absolute atomic E-state index is 0.242. The lowest BCUT2D eigenvalue weighted by Gasteiger charge is -2.22. The number of carbonyl (C=O) groups is 1. The number of ether oxygens (including phenoxy) is 1. The highest BCUT2D eigenvalue weighted by atomic mass is 16.5. The lowest BCUT2D eigenvalue weighted by atomic mass is 10.1. The normalized spacial score (nSPS) is 12.1. The van der Waals surface area contributed by atoms with Gasteiger partial charge in [0.2, 0.25) is 0 Å². The molecular formula is C17H19N5O2. The van der Waals surface area contributed by atoms with Crippen LogP contribution >= 0.6 is 0 Å². The van der Waals surface area contributed by atoms with E-state index in [0.29, 0.717) is 12.3 Å². The molecule has 2 heterocycles. The number of methoxy groups -OCH3 is 1. The van der Waals surface area contributed by atoms with Crippen molar-refractivity contribution in [1.29, 1.82) is 0 Å². The minimum Gasteiger partial charge on any atom is -0.469 e. The maximum atomic E-state index is 11.7. The zero-order chi connectivity index (χ0) is 17.1. The summed E-state index contributed by atoms with van der Waals surface area (Å²) in [5, 5.41) is 4.23. The molecule has 3 rings (SSSR count). The fourth-order valence-electron chi connectivity index (χ4n) is 2.61. The SMILES string of the molecule is COC(=O)C(C)CN(C)c1cc(-c2ccccc2)nc2ncnn12. The molecule has 1 atom stereocenters. The van der Waals surface area contributed by atoms with Gasteiger partial charge in [0, 0.05) is 25.2 Å². The molecule has 0 fully saturated rings. The zero-order valence-corrected chi connectivity index (χ0v) is 13.9.